The Kier molecular flexibility index (Phi) is 7.51. The average Bonchev–Trinajstić information content (AvgIpc) is 3.11. The van der Waals surface area contributed by atoms with Crippen molar-refractivity contribution in [2.75, 3.05) is 52.3 Å². The van der Waals surface area contributed by atoms with E-state index >= 15 is 0 Å². The largest absolute Gasteiger partial charge is 0.383 e. The van der Waals surface area contributed by atoms with Gasteiger partial charge in [0.1, 0.15) is 11.6 Å². The molecule has 0 spiro atoms. The van der Waals surface area contributed by atoms with Crippen LogP contribution in [0.5, 0.6) is 0 Å². The lowest BCUT2D eigenvalue weighted by Gasteiger charge is -2.33. The number of piperidine rings is 1. The van der Waals surface area contributed by atoms with Crippen LogP contribution in [-0.2, 0) is 14.3 Å². The lowest BCUT2D eigenvalue weighted by atomic mass is 9.90. The SMILES string of the molecule is CNc1cc([C@H]2CC(=O)N(CCOC)C2)nc(C2CCN(C(=O)CC(C)(C)C)CC2)n1. The van der Waals surface area contributed by atoms with Crippen molar-refractivity contribution < 1.29 is 14.3 Å². The van der Waals surface area contributed by atoms with E-state index < -0.39 is 0 Å². The maximum absolute atomic E-state index is 12.6. The monoisotopic (exact) mass is 431 g/mol. The fourth-order valence-electron chi connectivity index (χ4n) is 4.35. The van der Waals surface area contributed by atoms with Crippen LogP contribution in [-0.4, -0.2) is 78.5 Å². The molecule has 172 valence electrons. The molecule has 2 amide bonds. The van der Waals surface area contributed by atoms with Crippen LogP contribution < -0.4 is 5.32 Å². The number of rotatable bonds is 7. The summed E-state index contributed by atoms with van der Waals surface area (Å²) in [5.74, 6) is 2.30. The van der Waals surface area contributed by atoms with Gasteiger partial charge in [-0.05, 0) is 18.3 Å². The number of nitrogens with zero attached hydrogens (tertiary/aromatic N) is 4. The normalized spacial score (nSPS) is 20.4. The molecule has 1 aromatic heterocycles. The molecule has 0 aromatic carbocycles. The Morgan fingerprint density at radius 1 is 1.23 bits per heavy atom. The van der Waals surface area contributed by atoms with E-state index in [9.17, 15) is 9.59 Å². The van der Waals surface area contributed by atoms with Crippen LogP contribution >= 0.6 is 0 Å². The van der Waals surface area contributed by atoms with Gasteiger partial charge in [0.15, 0.2) is 0 Å². The minimum absolute atomic E-state index is 0.00290. The smallest absolute Gasteiger partial charge is 0.223 e. The van der Waals surface area contributed by atoms with Crippen molar-refractivity contribution in [2.24, 2.45) is 5.41 Å². The molecule has 0 bridgehead atoms. The molecule has 1 aromatic rings. The second-order valence-electron chi connectivity index (χ2n) is 9.91. The molecule has 1 atom stereocenters. The molecule has 0 radical (unpaired) electrons. The Morgan fingerprint density at radius 2 is 1.94 bits per heavy atom. The fraction of sp³-hybridized carbons (Fsp3) is 0.739. The van der Waals surface area contributed by atoms with Crippen molar-refractivity contribution in [3.05, 3.63) is 17.6 Å². The second-order valence-corrected chi connectivity index (χ2v) is 9.91. The molecule has 8 nitrogen and oxygen atoms in total. The number of nitrogens with one attached hydrogen (secondary N) is 1. The van der Waals surface area contributed by atoms with E-state index in [1.54, 1.807) is 7.11 Å². The molecule has 0 saturated carbocycles. The Hall–Kier alpha value is -2.22. The third-order valence-electron chi connectivity index (χ3n) is 6.11. The summed E-state index contributed by atoms with van der Waals surface area (Å²) in [6.45, 7) is 9.61. The maximum Gasteiger partial charge on any atom is 0.223 e. The number of amides is 2. The van der Waals surface area contributed by atoms with Crippen LogP contribution in [0.4, 0.5) is 5.82 Å². The molecule has 3 rings (SSSR count). The highest BCUT2D eigenvalue weighted by Crippen LogP contribution is 2.32. The van der Waals surface area contributed by atoms with E-state index in [0.717, 1.165) is 43.3 Å². The Bertz CT molecular complexity index is 784. The molecular weight excluding hydrogens is 394 g/mol. The number of methoxy groups -OCH3 is 1. The van der Waals surface area contributed by atoms with Gasteiger partial charge in [0.2, 0.25) is 11.8 Å². The second kappa shape index (κ2) is 9.94. The molecule has 2 aliphatic heterocycles. The molecule has 31 heavy (non-hydrogen) atoms. The van der Waals surface area contributed by atoms with Crippen LogP contribution in [0, 0.1) is 5.41 Å². The molecule has 0 unspecified atom stereocenters. The number of carbonyl (C=O) groups excluding carboxylic acids is 2. The topological polar surface area (TPSA) is 87.7 Å². The zero-order valence-electron chi connectivity index (χ0n) is 19.6. The van der Waals surface area contributed by atoms with Crippen LogP contribution in [0.1, 0.15) is 69.8 Å². The van der Waals surface area contributed by atoms with Gasteiger partial charge in [-0.15, -0.1) is 0 Å². The summed E-state index contributed by atoms with van der Waals surface area (Å²) >= 11 is 0. The van der Waals surface area contributed by atoms with Crippen LogP contribution in [0.2, 0.25) is 0 Å². The first-order valence-corrected chi connectivity index (χ1v) is 11.3. The molecule has 2 saturated heterocycles. The third kappa shape index (κ3) is 6.15. The summed E-state index contributed by atoms with van der Waals surface area (Å²) in [4.78, 5) is 38.4. The van der Waals surface area contributed by atoms with Gasteiger partial charge in [-0.1, -0.05) is 20.8 Å². The quantitative estimate of drug-likeness (QED) is 0.714. The number of carbonyl (C=O) groups is 2. The van der Waals surface area contributed by atoms with Gasteiger partial charge >= 0.3 is 0 Å². The zero-order chi connectivity index (χ0) is 22.6. The third-order valence-corrected chi connectivity index (χ3v) is 6.11. The molecule has 1 N–H and O–H groups in total. The number of hydrogen-bond donors (Lipinski definition) is 1. The summed E-state index contributed by atoms with van der Waals surface area (Å²) in [7, 11) is 3.50. The van der Waals surface area contributed by atoms with Crippen LogP contribution in [0.3, 0.4) is 0 Å². The Labute approximate surface area is 185 Å². The first kappa shape index (κ1) is 23.4. The van der Waals surface area contributed by atoms with Gasteiger partial charge in [0, 0.05) is 71.1 Å². The number of aromatic nitrogens is 2. The molecule has 2 fully saturated rings. The lowest BCUT2D eigenvalue weighted by Crippen LogP contribution is -2.39. The number of anilines is 1. The van der Waals surface area contributed by atoms with E-state index in [4.69, 9.17) is 14.7 Å². The summed E-state index contributed by atoms with van der Waals surface area (Å²) in [6, 6.07) is 1.96. The highest BCUT2D eigenvalue weighted by molar-refractivity contribution is 5.79. The molecular formula is C23H37N5O3. The summed E-state index contributed by atoms with van der Waals surface area (Å²) < 4.78 is 5.12. The van der Waals surface area contributed by atoms with Gasteiger partial charge in [-0.2, -0.15) is 0 Å². The van der Waals surface area contributed by atoms with Crippen molar-refractivity contribution in [1.29, 1.82) is 0 Å². The summed E-state index contributed by atoms with van der Waals surface area (Å²) in [5.41, 5.74) is 0.928. The molecule has 2 aliphatic rings. The zero-order valence-corrected chi connectivity index (χ0v) is 19.6. The van der Waals surface area contributed by atoms with E-state index in [-0.39, 0.29) is 29.1 Å². The standard InChI is InChI=1S/C23H37N5O3/c1-23(2,3)14-21(30)27-8-6-16(7-9-27)22-25-18(13-19(24-4)26-22)17-12-20(29)28(15-17)10-11-31-5/h13,16-17H,6-12,14-15H2,1-5H3,(H,24,25,26)/t17-/m0/s1. The van der Waals surface area contributed by atoms with Gasteiger partial charge < -0.3 is 19.9 Å². The van der Waals surface area contributed by atoms with Gasteiger partial charge in [0.05, 0.1) is 12.3 Å². The van der Waals surface area contributed by atoms with Crippen molar-refractivity contribution >= 4 is 17.6 Å². The van der Waals surface area contributed by atoms with Gasteiger partial charge in [-0.25, -0.2) is 9.97 Å². The van der Waals surface area contributed by atoms with Crippen molar-refractivity contribution in [3.63, 3.8) is 0 Å². The number of hydrogen-bond acceptors (Lipinski definition) is 6. The van der Waals surface area contributed by atoms with E-state index in [1.165, 1.54) is 0 Å². The highest BCUT2D eigenvalue weighted by Gasteiger charge is 2.33. The first-order valence-electron chi connectivity index (χ1n) is 11.3. The minimum Gasteiger partial charge on any atom is -0.383 e. The minimum atomic E-state index is 0.00290. The van der Waals surface area contributed by atoms with E-state index in [1.807, 2.05) is 22.9 Å². The average molecular weight is 432 g/mol. The molecule has 3 heterocycles. The molecule has 8 heteroatoms. The summed E-state index contributed by atoms with van der Waals surface area (Å²) in [6.07, 6.45) is 2.78. The van der Waals surface area contributed by atoms with Gasteiger partial charge in [0.25, 0.3) is 0 Å². The van der Waals surface area contributed by atoms with Crippen molar-refractivity contribution in [3.8, 4) is 0 Å². The lowest BCUT2D eigenvalue weighted by molar-refractivity contribution is -0.134. The Morgan fingerprint density at radius 3 is 2.55 bits per heavy atom. The first-order chi connectivity index (χ1) is 14.7. The predicted molar refractivity (Wildman–Crippen MR) is 120 cm³/mol. The predicted octanol–water partition coefficient (Wildman–Crippen LogP) is 2.62. The van der Waals surface area contributed by atoms with Crippen molar-refractivity contribution in [1.82, 2.24) is 19.8 Å². The van der Waals surface area contributed by atoms with Crippen molar-refractivity contribution in [2.45, 2.75) is 58.3 Å². The fourth-order valence-corrected chi connectivity index (χ4v) is 4.35. The van der Waals surface area contributed by atoms with E-state index in [2.05, 4.69) is 26.1 Å². The maximum atomic E-state index is 12.6. The number of likely N-dealkylation sites (tertiary alicyclic amines) is 2. The van der Waals surface area contributed by atoms with E-state index in [0.29, 0.717) is 32.5 Å². The summed E-state index contributed by atoms with van der Waals surface area (Å²) in [5, 5.41) is 3.15. The highest BCUT2D eigenvalue weighted by atomic mass is 16.5. The molecule has 0 aliphatic carbocycles. The van der Waals surface area contributed by atoms with Crippen LogP contribution in [0.25, 0.3) is 0 Å². The Balaban J connectivity index is 1.68. The van der Waals surface area contributed by atoms with Gasteiger partial charge in [-0.3, -0.25) is 9.59 Å². The number of ether oxygens (including phenoxy) is 1. The van der Waals surface area contributed by atoms with Crippen LogP contribution in [0.15, 0.2) is 6.07 Å².